The molecule has 0 saturated heterocycles. The van der Waals surface area contributed by atoms with Crippen LogP contribution in [-0.4, -0.2) is 64.1 Å². The largest absolute Gasteiger partial charge is 0.434 e. The van der Waals surface area contributed by atoms with Gasteiger partial charge in [-0.05, 0) is 13.0 Å². The average molecular weight is 508 g/mol. The lowest BCUT2D eigenvalue weighted by molar-refractivity contribution is -0.614. The topological polar surface area (TPSA) is 26.3 Å². The summed E-state index contributed by atoms with van der Waals surface area (Å²) in [6.45, 7) is 0.408. The van der Waals surface area contributed by atoms with Crippen LogP contribution in [0, 0.1) is 0 Å². The Hall–Kier alpha value is -1.91. The summed E-state index contributed by atoms with van der Waals surface area (Å²) in [6, 6.07) is 0. The Morgan fingerprint density at radius 2 is 0.812 bits per heavy atom. The maximum absolute atomic E-state index is 14.7. The van der Waals surface area contributed by atoms with Crippen molar-refractivity contribution >= 4 is 5.97 Å². The zero-order chi connectivity index (χ0) is 25.6. The molecule has 18 heteroatoms. The molecular weight excluding hydrogens is 504 g/mol. The minimum Gasteiger partial charge on any atom is -0.434 e. The van der Waals surface area contributed by atoms with E-state index in [1.807, 2.05) is 0 Å². The van der Waals surface area contributed by atoms with E-state index < -0.39 is 69.9 Å². The van der Waals surface area contributed by atoms with Crippen molar-refractivity contribution in [2.24, 2.45) is 0 Å². The van der Waals surface area contributed by atoms with Crippen molar-refractivity contribution in [2.75, 3.05) is 0 Å². The standard InChI is InChI=1S/C14H4F16O2/c1-2-3(15)4(31)32-8-12(25,26)5(16)9(19,20)6(17,13(8,27)28)11(23,24)7(18,10(5,21)22)14(8,29)30/h2H,1H3. The normalized spacial score (nSPS) is 46.1. The molecule has 0 amide bonds. The molecule has 4 saturated carbocycles. The van der Waals surface area contributed by atoms with Gasteiger partial charge in [0.1, 0.15) is 0 Å². The third-order valence-corrected chi connectivity index (χ3v) is 5.91. The van der Waals surface area contributed by atoms with Gasteiger partial charge in [-0.2, -0.15) is 57.1 Å². The van der Waals surface area contributed by atoms with Crippen molar-refractivity contribution < 1.29 is 79.8 Å². The first-order chi connectivity index (χ1) is 13.9. The lowest BCUT2D eigenvalue weighted by atomic mass is 9.40. The zero-order valence-electron chi connectivity index (χ0n) is 14.4. The number of halogens is 16. The summed E-state index contributed by atoms with van der Waals surface area (Å²) in [5.41, 5.74) is -31.1. The van der Waals surface area contributed by atoms with Gasteiger partial charge in [-0.1, -0.05) is 0 Å². The smallest absolute Gasteiger partial charge is 0.368 e. The number of rotatable bonds is 2. The summed E-state index contributed by atoms with van der Waals surface area (Å²) in [6.07, 6.45) is -0.239. The third kappa shape index (κ3) is 1.50. The first kappa shape index (κ1) is 24.7. The summed E-state index contributed by atoms with van der Waals surface area (Å²) >= 11 is 0. The van der Waals surface area contributed by atoms with Crippen molar-refractivity contribution in [1.29, 1.82) is 0 Å². The lowest BCUT2D eigenvalue weighted by Crippen LogP contribution is -3.10. The van der Waals surface area contributed by atoms with E-state index in [4.69, 9.17) is 0 Å². The van der Waals surface area contributed by atoms with Gasteiger partial charge in [0.15, 0.2) is 0 Å². The fourth-order valence-electron chi connectivity index (χ4n) is 4.30. The Morgan fingerprint density at radius 3 is 1.03 bits per heavy atom. The summed E-state index contributed by atoms with van der Waals surface area (Å²) in [4.78, 5) is 11.3. The molecule has 0 aromatic heterocycles. The van der Waals surface area contributed by atoms with Gasteiger partial charge in [0.05, 0.1) is 0 Å². The van der Waals surface area contributed by atoms with Crippen LogP contribution >= 0.6 is 0 Å². The molecule has 0 radical (unpaired) electrons. The second-order valence-electron chi connectivity index (χ2n) is 7.13. The zero-order valence-corrected chi connectivity index (χ0v) is 14.4. The molecule has 184 valence electrons. The molecule has 0 N–H and O–H groups in total. The number of carbonyl (C=O) groups is 1. The second kappa shape index (κ2) is 5.26. The van der Waals surface area contributed by atoms with Crippen molar-refractivity contribution in [3.63, 3.8) is 0 Å². The molecule has 2 nitrogen and oxygen atoms in total. The van der Waals surface area contributed by atoms with E-state index in [2.05, 4.69) is 4.74 Å². The van der Waals surface area contributed by atoms with Crippen LogP contribution in [0.25, 0.3) is 0 Å². The summed E-state index contributed by atoms with van der Waals surface area (Å²) in [7, 11) is 0. The third-order valence-electron chi connectivity index (χ3n) is 5.91. The number of hydrogen-bond donors (Lipinski definition) is 0. The molecule has 0 atom stereocenters. The fraction of sp³-hybridized carbons (Fsp3) is 0.786. The number of ether oxygens (including phenoxy) is 1. The molecule has 0 spiro atoms. The van der Waals surface area contributed by atoms with Crippen molar-refractivity contribution in [2.45, 2.75) is 65.1 Å². The molecule has 4 bridgehead atoms. The number of carbonyl (C=O) groups excluding carboxylic acids is 1. The summed E-state index contributed by atoms with van der Waals surface area (Å²) in [5.74, 6) is -54.0. The van der Waals surface area contributed by atoms with Gasteiger partial charge in [-0.25, -0.2) is 18.0 Å². The van der Waals surface area contributed by atoms with E-state index in [1.165, 1.54) is 0 Å². The maximum Gasteiger partial charge on any atom is 0.368 e. The molecule has 4 aliphatic carbocycles. The molecule has 0 unspecified atom stereocenters. The molecule has 0 aromatic rings. The van der Waals surface area contributed by atoms with Crippen molar-refractivity contribution in [1.82, 2.24) is 0 Å². The van der Waals surface area contributed by atoms with E-state index in [1.54, 1.807) is 0 Å². The monoisotopic (exact) mass is 508 g/mol. The number of esters is 1. The van der Waals surface area contributed by atoms with E-state index in [-0.39, 0.29) is 6.08 Å². The molecule has 0 aromatic carbocycles. The van der Waals surface area contributed by atoms with Gasteiger partial charge < -0.3 is 4.74 Å². The van der Waals surface area contributed by atoms with Crippen molar-refractivity contribution in [3.8, 4) is 0 Å². The maximum atomic E-state index is 14.7. The molecular formula is C14H4F16O2. The van der Waals surface area contributed by atoms with E-state index in [0.717, 1.165) is 0 Å². The molecule has 0 heterocycles. The first-order valence-corrected chi connectivity index (χ1v) is 7.75. The Balaban J connectivity index is 2.66. The molecule has 4 fully saturated rings. The fourth-order valence-corrected chi connectivity index (χ4v) is 4.30. The van der Waals surface area contributed by atoms with Crippen LogP contribution in [-0.2, 0) is 9.53 Å². The number of allylic oxidation sites excluding steroid dienone is 1. The minimum atomic E-state index is -8.00. The predicted octanol–water partition coefficient (Wildman–Crippen LogP) is 5.12. The lowest BCUT2D eigenvalue weighted by Gasteiger charge is -2.74. The van der Waals surface area contributed by atoms with Crippen LogP contribution in [0.15, 0.2) is 11.9 Å². The minimum absolute atomic E-state index is 0.239. The highest BCUT2D eigenvalue weighted by Gasteiger charge is 3.24. The van der Waals surface area contributed by atoms with Gasteiger partial charge in [0.2, 0.25) is 5.83 Å². The highest BCUT2D eigenvalue weighted by atomic mass is 19.3. The van der Waals surface area contributed by atoms with Crippen LogP contribution in [0.3, 0.4) is 0 Å². The second-order valence-corrected chi connectivity index (χ2v) is 7.13. The molecule has 4 rings (SSSR count). The highest BCUT2D eigenvalue weighted by molar-refractivity contribution is 5.86. The molecule has 4 aliphatic rings. The van der Waals surface area contributed by atoms with Gasteiger partial charge in [0, 0.05) is 0 Å². The van der Waals surface area contributed by atoms with Crippen LogP contribution in [0.5, 0.6) is 0 Å². The quantitative estimate of drug-likeness (QED) is 0.294. The SMILES string of the molecule is CC=C(F)C(=O)OC12C(F)(F)C3(F)C(F)(F)C(F)(C(F)(F)C(F)(C3(F)F)C1(F)F)C2(F)F. The van der Waals surface area contributed by atoms with Gasteiger partial charge in [0.25, 0.3) is 0 Å². The predicted molar refractivity (Wildman–Crippen MR) is 64.9 cm³/mol. The number of hydrogen-bond acceptors (Lipinski definition) is 2. The Kier molecular flexibility index (Phi) is 4.06. The summed E-state index contributed by atoms with van der Waals surface area (Å²) < 4.78 is 232. The van der Waals surface area contributed by atoms with Crippen LogP contribution in [0.1, 0.15) is 6.92 Å². The van der Waals surface area contributed by atoms with Gasteiger partial charge in [-0.15, -0.1) is 0 Å². The number of alkyl halides is 15. The summed E-state index contributed by atoms with van der Waals surface area (Å²) in [5, 5.41) is 0. The van der Waals surface area contributed by atoms with E-state index >= 15 is 0 Å². The van der Waals surface area contributed by atoms with Crippen LogP contribution in [0.2, 0.25) is 0 Å². The van der Waals surface area contributed by atoms with Crippen LogP contribution < -0.4 is 0 Å². The average Bonchev–Trinajstić information content (AvgIpc) is 2.64. The Labute approximate surface area is 164 Å². The van der Waals surface area contributed by atoms with Crippen LogP contribution in [0.4, 0.5) is 70.2 Å². The molecule has 0 aliphatic heterocycles. The Morgan fingerprint density at radius 1 is 0.562 bits per heavy atom. The Bertz CT molecular complexity index is 822. The van der Waals surface area contributed by atoms with E-state index in [0.29, 0.717) is 6.92 Å². The van der Waals surface area contributed by atoms with E-state index in [9.17, 15) is 75.0 Å². The van der Waals surface area contributed by atoms with Crippen molar-refractivity contribution in [3.05, 3.63) is 11.9 Å². The van der Waals surface area contributed by atoms with Gasteiger partial charge in [-0.3, -0.25) is 0 Å². The highest BCUT2D eigenvalue weighted by Crippen LogP contribution is 2.88. The molecule has 32 heavy (non-hydrogen) atoms. The first-order valence-electron chi connectivity index (χ1n) is 7.75. The van der Waals surface area contributed by atoms with Gasteiger partial charge >= 0.3 is 64.1 Å².